The molecule has 1 amide bonds. The molecule has 1 N–H and O–H groups in total. The zero-order valence-corrected chi connectivity index (χ0v) is 11.9. The number of hydrogen-bond donors (Lipinski definition) is 1. The van der Waals surface area contributed by atoms with Crippen LogP contribution in [0.3, 0.4) is 0 Å². The Morgan fingerprint density at radius 1 is 1.04 bits per heavy atom. The predicted octanol–water partition coefficient (Wildman–Crippen LogP) is 3.55. The van der Waals surface area contributed by atoms with E-state index in [0.29, 0.717) is 0 Å². The summed E-state index contributed by atoms with van der Waals surface area (Å²) in [5.74, 6) is -1.52. The Kier molecular flexibility index (Phi) is 4.51. The molecule has 0 aliphatic carbocycles. The number of benzene rings is 2. The van der Waals surface area contributed by atoms with Crippen LogP contribution in [0.2, 0.25) is 5.02 Å². The Balaban J connectivity index is 2.36. The van der Waals surface area contributed by atoms with Crippen molar-refractivity contribution in [2.24, 2.45) is 0 Å². The topological polar surface area (TPSA) is 115 Å². The van der Waals surface area contributed by atoms with E-state index >= 15 is 0 Å². The van der Waals surface area contributed by atoms with Crippen molar-refractivity contribution >= 4 is 34.6 Å². The Bertz CT molecular complexity index is 795. The first-order valence-electron chi connectivity index (χ1n) is 5.98. The third-order valence-corrected chi connectivity index (χ3v) is 3.05. The minimum Gasteiger partial charge on any atom is -0.322 e. The van der Waals surface area contributed by atoms with Crippen molar-refractivity contribution in [1.82, 2.24) is 0 Å². The van der Waals surface area contributed by atoms with Crippen molar-refractivity contribution in [1.29, 1.82) is 0 Å². The molecule has 8 nitrogen and oxygen atoms in total. The maximum absolute atomic E-state index is 13.0. The van der Waals surface area contributed by atoms with Gasteiger partial charge in [0.25, 0.3) is 17.3 Å². The first kappa shape index (κ1) is 16.3. The number of carbonyl (C=O) groups excluding carboxylic acids is 1. The van der Waals surface area contributed by atoms with Gasteiger partial charge in [0.05, 0.1) is 26.5 Å². The van der Waals surface area contributed by atoms with Crippen molar-refractivity contribution in [3.05, 3.63) is 73.0 Å². The fourth-order valence-electron chi connectivity index (χ4n) is 1.71. The lowest BCUT2D eigenvalue weighted by Gasteiger charge is -2.06. The summed E-state index contributed by atoms with van der Waals surface area (Å²) in [6.45, 7) is 0. The van der Waals surface area contributed by atoms with E-state index in [4.69, 9.17) is 11.6 Å². The van der Waals surface area contributed by atoms with Crippen molar-refractivity contribution in [2.75, 3.05) is 5.32 Å². The number of nitro groups is 2. The summed E-state index contributed by atoms with van der Waals surface area (Å²) in [5.41, 5.74) is -1.34. The molecule has 0 aromatic heterocycles. The van der Waals surface area contributed by atoms with E-state index in [2.05, 4.69) is 5.32 Å². The second kappa shape index (κ2) is 6.36. The van der Waals surface area contributed by atoms with Gasteiger partial charge in [-0.3, -0.25) is 25.0 Å². The molecule has 0 bridgehead atoms. The van der Waals surface area contributed by atoms with E-state index < -0.39 is 32.9 Å². The SMILES string of the molecule is O=C(Nc1ccc(F)c(Cl)c1)c1cc([N+](=O)[O-])cc([N+](=O)[O-])c1. The summed E-state index contributed by atoms with van der Waals surface area (Å²) < 4.78 is 13.0. The number of non-ortho nitro benzene ring substituents is 2. The second-order valence-corrected chi connectivity index (χ2v) is 4.74. The maximum atomic E-state index is 13.0. The average molecular weight is 340 g/mol. The molecule has 0 fully saturated rings. The van der Waals surface area contributed by atoms with Gasteiger partial charge in [0.2, 0.25) is 0 Å². The number of halogens is 2. The molecular weight excluding hydrogens is 333 g/mol. The summed E-state index contributed by atoms with van der Waals surface area (Å²) >= 11 is 5.57. The summed E-state index contributed by atoms with van der Waals surface area (Å²) in [4.78, 5) is 31.9. The number of carbonyl (C=O) groups is 1. The average Bonchev–Trinajstić information content (AvgIpc) is 2.50. The van der Waals surface area contributed by atoms with E-state index in [1.54, 1.807) is 0 Å². The lowest BCUT2D eigenvalue weighted by atomic mass is 10.1. The number of anilines is 1. The number of hydrogen-bond acceptors (Lipinski definition) is 5. The van der Waals surface area contributed by atoms with Crippen LogP contribution < -0.4 is 5.32 Å². The normalized spacial score (nSPS) is 10.2. The molecular formula is C13H7ClFN3O5. The molecule has 2 aromatic rings. The van der Waals surface area contributed by atoms with Gasteiger partial charge >= 0.3 is 0 Å². The monoisotopic (exact) mass is 339 g/mol. The fourth-order valence-corrected chi connectivity index (χ4v) is 1.89. The summed E-state index contributed by atoms with van der Waals surface area (Å²) in [6, 6.07) is 5.92. The van der Waals surface area contributed by atoms with Crippen LogP contribution >= 0.6 is 11.6 Å². The third-order valence-electron chi connectivity index (χ3n) is 2.76. The molecule has 0 saturated heterocycles. The van der Waals surface area contributed by atoms with Gasteiger partial charge in [0.1, 0.15) is 5.82 Å². The molecule has 23 heavy (non-hydrogen) atoms. The summed E-state index contributed by atoms with van der Waals surface area (Å²) in [7, 11) is 0. The van der Waals surface area contributed by atoms with Gasteiger partial charge in [-0.05, 0) is 18.2 Å². The highest BCUT2D eigenvalue weighted by Gasteiger charge is 2.20. The van der Waals surface area contributed by atoms with Crippen LogP contribution in [0.4, 0.5) is 21.5 Å². The molecule has 118 valence electrons. The molecule has 10 heteroatoms. The van der Waals surface area contributed by atoms with Crippen molar-refractivity contribution in [3.63, 3.8) is 0 Å². The van der Waals surface area contributed by atoms with Crippen molar-refractivity contribution in [3.8, 4) is 0 Å². The fraction of sp³-hybridized carbons (Fsp3) is 0. The smallest absolute Gasteiger partial charge is 0.277 e. The maximum Gasteiger partial charge on any atom is 0.277 e. The molecule has 2 rings (SSSR count). The number of nitrogens with one attached hydrogen (secondary N) is 1. The number of rotatable bonds is 4. The highest BCUT2D eigenvalue weighted by molar-refractivity contribution is 6.31. The van der Waals surface area contributed by atoms with E-state index in [-0.39, 0.29) is 16.3 Å². The standard InChI is InChI=1S/C13H7ClFN3O5/c14-11-5-8(1-2-12(11)15)16-13(19)7-3-9(17(20)21)6-10(4-7)18(22)23/h1-6H,(H,16,19). The summed E-state index contributed by atoms with van der Waals surface area (Å²) in [5, 5.41) is 23.7. The first-order valence-corrected chi connectivity index (χ1v) is 6.36. The molecule has 0 heterocycles. The molecule has 0 atom stereocenters. The van der Waals surface area contributed by atoms with Crippen LogP contribution in [-0.2, 0) is 0 Å². The van der Waals surface area contributed by atoms with Crippen molar-refractivity contribution < 1.29 is 19.0 Å². The largest absolute Gasteiger partial charge is 0.322 e. The molecule has 2 aromatic carbocycles. The summed E-state index contributed by atoms with van der Waals surface area (Å²) in [6.07, 6.45) is 0. The Labute approximate surface area is 132 Å². The van der Waals surface area contributed by atoms with Gasteiger partial charge in [-0.1, -0.05) is 11.6 Å². The number of amides is 1. The zero-order valence-electron chi connectivity index (χ0n) is 11.2. The van der Waals surface area contributed by atoms with Gasteiger partial charge in [-0.2, -0.15) is 0 Å². The lowest BCUT2D eigenvalue weighted by Crippen LogP contribution is -2.12. The minimum absolute atomic E-state index is 0.135. The molecule has 0 aliphatic rings. The van der Waals surface area contributed by atoms with Gasteiger partial charge in [-0.15, -0.1) is 0 Å². The number of nitrogens with zero attached hydrogens (tertiary/aromatic N) is 2. The van der Waals surface area contributed by atoms with E-state index in [1.807, 2.05) is 0 Å². The Hall–Kier alpha value is -3.07. The van der Waals surface area contributed by atoms with Gasteiger partial charge in [-0.25, -0.2) is 4.39 Å². The highest BCUT2D eigenvalue weighted by atomic mass is 35.5. The van der Waals surface area contributed by atoms with Gasteiger partial charge < -0.3 is 5.32 Å². The van der Waals surface area contributed by atoms with Crippen LogP contribution in [0.5, 0.6) is 0 Å². The van der Waals surface area contributed by atoms with E-state index in [0.717, 1.165) is 30.3 Å². The second-order valence-electron chi connectivity index (χ2n) is 4.34. The number of nitro benzene ring substituents is 2. The minimum atomic E-state index is -0.849. The van der Waals surface area contributed by atoms with Crippen LogP contribution in [0.15, 0.2) is 36.4 Å². The highest BCUT2D eigenvalue weighted by Crippen LogP contribution is 2.24. The van der Waals surface area contributed by atoms with Gasteiger partial charge in [0, 0.05) is 17.8 Å². The van der Waals surface area contributed by atoms with Gasteiger partial charge in [0.15, 0.2) is 0 Å². The third kappa shape index (κ3) is 3.77. The van der Waals surface area contributed by atoms with E-state index in [1.165, 1.54) is 6.07 Å². The molecule has 0 unspecified atom stereocenters. The Morgan fingerprint density at radius 2 is 1.61 bits per heavy atom. The predicted molar refractivity (Wildman–Crippen MR) is 79.1 cm³/mol. The molecule has 0 saturated carbocycles. The Morgan fingerprint density at radius 3 is 2.09 bits per heavy atom. The quantitative estimate of drug-likeness (QED) is 0.675. The molecule has 0 aliphatic heterocycles. The van der Waals surface area contributed by atoms with E-state index in [9.17, 15) is 29.4 Å². The molecule has 0 radical (unpaired) electrons. The van der Waals surface area contributed by atoms with Crippen LogP contribution in [0, 0.1) is 26.0 Å². The van der Waals surface area contributed by atoms with Crippen LogP contribution in [0.25, 0.3) is 0 Å². The lowest BCUT2D eigenvalue weighted by molar-refractivity contribution is -0.394. The van der Waals surface area contributed by atoms with Crippen LogP contribution in [0.1, 0.15) is 10.4 Å². The van der Waals surface area contributed by atoms with Crippen molar-refractivity contribution in [2.45, 2.75) is 0 Å². The zero-order chi connectivity index (χ0) is 17.1. The molecule has 0 spiro atoms. The van der Waals surface area contributed by atoms with Crippen LogP contribution in [-0.4, -0.2) is 15.8 Å². The first-order chi connectivity index (χ1) is 10.8.